The molecule has 5 heteroatoms. The summed E-state index contributed by atoms with van der Waals surface area (Å²) in [6, 6.07) is 4.10. The van der Waals surface area contributed by atoms with E-state index in [2.05, 4.69) is 4.98 Å². The van der Waals surface area contributed by atoms with Crippen LogP contribution < -0.4 is 0 Å². The second-order valence-corrected chi connectivity index (χ2v) is 4.48. The van der Waals surface area contributed by atoms with Crippen LogP contribution in [-0.2, 0) is 0 Å². The number of hydrogen-bond donors (Lipinski definition) is 0. The number of Topliss-reactive ketones (excluding diaryl/α,β-unsaturated/α-hetero) is 1. The van der Waals surface area contributed by atoms with Crippen molar-refractivity contribution >= 4 is 28.7 Å². The lowest BCUT2D eigenvalue weighted by atomic mass is 10.2. The number of aromatic nitrogens is 1. The lowest BCUT2D eigenvalue weighted by molar-refractivity contribution is 0.101. The fourth-order valence-corrected chi connectivity index (χ4v) is 2.43. The van der Waals surface area contributed by atoms with Crippen LogP contribution in [0.5, 0.6) is 0 Å². The van der Waals surface area contributed by atoms with Crippen molar-refractivity contribution in [3.63, 3.8) is 0 Å². The minimum absolute atomic E-state index is 0.0965. The van der Waals surface area contributed by atoms with Crippen LogP contribution in [0.3, 0.4) is 0 Å². The van der Waals surface area contributed by atoms with E-state index in [1.54, 1.807) is 11.4 Å². The summed E-state index contributed by atoms with van der Waals surface area (Å²) < 4.78 is 12.8. The molecule has 1 aromatic heterocycles. The highest BCUT2D eigenvalue weighted by atomic mass is 35.5. The van der Waals surface area contributed by atoms with Crippen molar-refractivity contribution < 1.29 is 9.18 Å². The summed E-state index contributed by atoms with van der Waals surface area (Å²) in [5.41, 5.74) is 1.04. The Labute approximate surface area is 101 Å². The van der Waals surface area contributed by atoms with Gasteiger partial charge in [0.15, 0.2) is 5.78 Å². The van der Waals surface area contributed by atoms with Gasteiger partial charge in [0.05, 0.1) is 5.02 Å². The van der Waals surface area contributed by atoms with Crippen molar-refractivity contribution in [2.45, 2.75) is 6.92 Å². The van der Waals surface area contributed by atoms with Crippen LogP contribution >= 0.6 is 22.9 Å². The van der Waals surface area contributed by atoms with Gasteiger partial charge in [0.2, 0.25) is 0 Å². The molecule has 16 heavy (non-hydrogen) atoms. The molecule has 2 aromatic rings. The van der Waals surface area contributed by atoms with Gasteiger partial charge in [-0.25, -0.2) is 9.37 Å². The molecule has 1 heterocycles. The predicted molar refractivity (Wildman–Crippen MR) is 62.5 cm³/mol. The molecule has 0 aliphatic carbocycles. The molecule has 0 atom stereocenters. The summed E-state index contributed by atoms with van der Waals surface area (Å²) >= 11 is 7.21. The Morgan fingerprint density at radius 3 is 2.81 bits per heavy atom. The minimum Gasteiger partial charge on any atom is -0.293 e. The quantitative estimate of drug-likeness (QED) is 0.764. The lowest BCUT2D eigenvalue weighted by Crippen LogP contribution is -1.91. The third-order valence-electron chi connectivity index (χ3n) is 2.03. The first-order valence-electron chi connectivity index (χ1n) is 4.50. The van der Waals surface area contributed by atoms with Gasteiger partial charge in [-0.1, -0.05) is 11.6 Å². The van der Waals surface area contributed by atoms with Gasteiger partial charge >= 0.3 is 0 Å². The molecule has 0 fully saturated rings. The average Bonchev–Trinajstić information content (AvgIpc) is 2.66. The average molecular weight is 256 g/mol. The molecule has 2 nitrogen and oxygen atoms in total. The van der Waals surface area contributed by atoms with Crippen LogP contribution in [0.4, 0.5) is 4.39 Å². The predicted octanol–water partition coefficient (Wildman–Crippen LogP) is 3.81. The number of hydrogen-bond acceptors (Lipinski definition) is 3. The second-order valence-electron chi connectivity index (χ2n) is 3.22. The maximum atomic E-state index is 12.8. The Kier molecular flexibility index (Phi) is 3.03. The normalized spacial score (nSPS) is 10.4. The number of ketones is 1. The Bertz CT molecular complexity index is 553. The van der Waals surface area contributed by atoms with Gasteiger partial charge in [-0.2, -0.15) is 0 Å². The summed E-state index contributed by atoms with van der Waals surface area (Å²) in [5.74, 6) is -0.488. The fraction of sp³-hybridized carbons (Fsp3) is 0.0909. The highest BCUT2D eigenvalue weighted by molar-refractivity contribution is 7.13. The van der Waals surface area contributed by atoms with Gasteiger partial charge in [0.1, 0.15) is 16.5 Å². The van der Waals surface area contributed by atoms with E-state index in [1.807, 2.05) is 0 Å². The maximum Gasteiger partial charge on any atom is 0.178 e. The maximum absolute atomic E-state index is 12.8. The molecule has 0 saturated heterocycles. The van der Waals surface area contributed by atoms with Gasteiger partial charge in [0, 0.05) is 17.9 Å². The van der Waals surface area contributed by atoms with Crippen molar-refractivity contribution in [1.82, 2.24) is 4.98 Å². The molecule has 0 amide bonds. The molecule has 0 N–H and O–H groups in total. The van der Waals surface area contributed by atoms with E-state index >= 15 is 0 Å². The Balaban J connectivity index is 2.46. The third kappa shape index (κ3) is 2.13. The van der Waals surface area contributed by atoms with E-state index < -0.39 is 5.82 Å². The van der Waals surface area contributed by atoms with E-state index in [-0.39, 0.29) is 5.78 Å². The standard InChI is InChI=1S/C11H7ClFNOS/c1-6(15)10-5-16-11(14-10)8-3-2-7(13)4-9(8)12/h2-5H,1H3. The molecule has 0 unspecified atom stereocenters. The van der Waals surface area contributed by atoms with Crippen LogP contribution in [0.1, 0.15) is 17.4 Å². The molecule has 2 rings (SSSR count). The Hall–Kier alpha value is -1.26. The highest BCUT2D eigenvalue weighted by Crippen LogP contribution is 2.30. The first-order valence-corrected chi connectivity index (χ1v) is 5.75. The van der Waals surface area contributed by atoms with Crippen molar-refractivity contribution in [3.8, 4) is 10.6 Å². The summed E-state index contributed by atoms with van der Waals surface area (Å²) in [6.45, 7) is 1.45. The summed E-state index contributed by atoms with van der Waals surface area (Å²) in [7, 11) is 0. The number of rotatable bonds is 2. The molecule has 82 valence electrons. The summed E-state index contributed by atoms with van der Waals surface area (Å²) in [6.07, 6.45) is 0. The van der Waals surface area contributed by atoms with Crippen LogP contribution in [0.2, 0.25) is 5.02 Å². The largest absolute Gasteiger partial charge is 0.293 e. The van der Waals surface area contributed by atoms with Crippen molar-refractivity contribution in [3.05, 3.63) is 40.1 Å². The zero-order chi connectivity index (χ0) is 11.7. The van der Waals surface area contributed by atoms with E-state index in [0.29, 0.717) is 21.3 Å². The SMILES string of the molecule is CC(=O)c1csc(-c2ccc(F)cc2Cl)n1. The highest BCUT2D eigenvalue weighted by Gasteiger charge is 2.11. The summed E-state index contributed by atoms with van der Waals surface area (Å²) in [5, 5.41) is 2.58. The van der Waals surface area contributed by atoms with Gasteiger partial charge in [-0.3, -0.25) is 4.79 Å². The van der Waals surface area contributed by atoms with Crippen molar-refractivity contribution in [1.29, 1.82) is 0 Å². The molecular formula is C11H7ClFNOS. The van der Waals surface area contributed by atoms with Crippen LogP contribution in [0.25, 0.3) is 10.6 Å². The zero-order valence-electron chi connectivity index (χ0n) is 8.33. The molecule has 0 aliphatic heterocycles. The van der Waals surface area contributed by atoms with E-state index in [0.717, 1.165) is 0 Å². The topological polar surface area (TPSA) is 30.0 Å². The number of carbonyl (C=O) groups excluding carboxylic acids is 1. The van der Waals surface area contributed by atoms with Gasteiger partial charge in [-0.05, 0) is 18.2 Å². The number of carbonyl (C=O) groups is 1. The fourth-order valence-electron chi connectivity index (χ4n) is 1.22. The summed E-state index contributed by atoms with van der Waals surface area (Å²) in [4.78, 5) is 15.2. The van der Waals surface area contributed by atoms with E-state index in [1.165, 1.54) is 30.4 Å². The second kappa shape index (κ2) is 4.31. The molecule has 0 radical (unpaired) electrons. The van der Waals surface area contributed by atoms with Crippen LogP contribution in [-0.4, -0.2) is 10.8 Å². The first kappa shape index (κ1) is 11.2. The van der Waals surface area contributed by atoms with Crippen molar-refractivity contribution in [2.24, 2.45) is 0 Å². The van der Waals surface area contributed by atoms with Crippen LogP contribution in [0.15, 0.2) is 23.6 Å². The molecular weight excluding hydrogens is 249 g/mol. The number of benzene rings is 1. The van der Waals surface area contributed by atoms with Crippen LogP contribution in [0, 0.1) is 5.82 Å². The monoisotopic (exact) mass is 255 g/mol. The molecule has 0 bridgehead atoms. The number of halogens is 2. The van der Waals surface area contributed by atoms with Gasteiger partial charge in [-0.15, -0.1) is 11.3 Å². The van der Waals surface area contributed by atoms with E-state index in [4.69, 9.17) is 11.6 Å². The third-order valence-corrected chi connectivity index (χ3v) is 3.21. The lowest BCUT2D eigenvalue weighted by Gasteiger charge is -1.99. The van der Waals surface area contributed by atoms with Gasteiger partial charge < -0.3 is 0 Å². The number of thiazole rings is 1. The van der Waals surface area contributed by atoms with Crippen molar-refractivity contribution in [2.75, 3.05) is 0 Å². The smallest absolute Gasteiger partial charge is 0.178 e. The minimum atomic E-state index is -0.392. The van der Waals surface area contributed by atoms with E-state index in [9.17, 15) is 9.18 Å². The Morgan fingerprint density at radius 2 is 2.25 bits per heavy atom. The molecule has 0 saturated carbocycles. The van der Waals surface area contributed by atoms with Gasteiger partial charge in [0.25, 0.3) is 0 Å². The Morgan fingerprint density at radius 1 is 1.50 bits per heavy atom. The molecule has 0 spiro atoms. The number of nitrogens with zero attached hydrogens (tertiary/aromatic N) is 1. The molecule has 0 aliphatic rings. The molecule has 1 aromatic carbocycles. The first-order chi connectivity index (χ1) is 7.58. The zero-order valence-corrected chi connectivity index (χ0v) is 9.90.